The smallest absolute Gasteiger partial charge is 0.356 e. The average Bonchev–Trinajstić information content (AvgIpc) is 3.08. The monoisotopic (exact) mass is 749 g/mol. The minimum absolute atomic E-state index is 0.155. The number of hydrogen-bond donors (Lipinski definition) is 4. The van der Waals surface area contributed by atoms with Crippen LogP contribution < -0.4 is 0 Å². The third kappa shape index (κ3) is 33.0. The zero-order valence-electron chi connectivity index (χ0n) is 32.7. The molecule has 0 aromatic carbocycles. The van der Waals surface area contributed by atoms with Crippen molar-refractivity contribution in [2.24, 2.45) is 5.92 Å². The fraction of sp³-hybridized carbons (Fsp3) is 0.900. The maximum absolute atomic E-state index is 12.6. The molecule has 0 aliphatic rings. The largest absolute Gasteiger partial charge is 0.462 e. The Kier molecular flexibility index (Phi) is 33.6. The van der Waals surface area contributed by atoms with Crippen molar-refractivity contribution in [3.05, 3.63) is 12.2 Å². The summed E-state index contributed by atoms with van der Waals surface area (Å²) in [6, 6.07) is 0. The Morgan fingerprint density at radius 2 is 1.10 bits per heavy atom. The van der Waals surface area contributed by atoms with Crippen LogP contribution in [0.15, 0.2) is 12.2 Å². The lowest BCUT2D eigenvalue weighted by Crippen LogP contribution is -2.37. The van der Waals surface area contributed by atoms with Gasteiger partial charge in [-0.25, -0.2) is 0 Å². The quantitative estimate of drug-likeness (QED) is 0.0208. The fourth-order valence-corrected chi connectivity index (χ4v) is 6.75. The summed E-state index contributed by atoms with van der Waals surface area (Å²) in [6.45, 7) is 4.99. The molecular weight excluding hydrogens is 671 g/mol. The molecule has 51 heavy (non-hydrogen) atoms. The zero-order valence-corrected chi connectivity index (χ0v) is 33.6. The molecule has 0 aromatic heterocycles. The van der Waals surface area contributed by atoms with E-state index < -0.39 is 50.8 Å². The van der Waals surface area contributed by atoms with Crippen molar-refractivity contribution in [1.29, 1.82) is 0 Å². The zero-order chi connectivity index (χ0) is 38.0. The summed E-state index contributed by atoms with van der Waals surface area (Å²) in [4.78, 5) is 44.1. The molecule has 0 radical (unpaired) electrons. The Balaban J connectivity index is 4.41. The van der Waals surface area contributed by atoms with E-state index in [4.69, 9.17) is 14.2 Å². The van der Waals surface area contributed by atoms with Crippen molar-refractivity contribution in [3.63, 3.8) is 0 Å². The highest BCUT2D eigenvalue weighted by Gasteiger charge is 2.37. The van der Waals surface area contributed by atoms with Crippen LogP contribution in [0.1, 0.15) is 188 Å². The molecule has 0 saturated heterocycles. The second-order valence-corrected chi connectivity index (χ2v) is 16.3. The predicted octanol–water partition coefficient (Wildman–Crippen LogP) is 9.69. The minimum atomic E-state index is -4.95. The van der Waals surface area contributed by atoms with Crippen molar-refractivity contribution in [2.75, 3.05) is 19.8 Å². The van der Waals surface area contributed by atoms with Gasteiger partial charge >= 0.3 is 19.5 Å². The Morgan fingerprint density at radius 3 is 1.57 bits per heavy atom. The molecule has 0 saturated carbocycles. The number of ether oxygens (including phenoxy) is 3. The van der Waals surface area contributed by atoms with Gasteiger partial charge in [0.15, 0.2) is 11.9 Å². The van der Waals surface area contributed by atoms with Gasteiger partial charge in [-0.1, -0.05) is 148 Å². The molecule has 0 aliphatic carbocycles. The molecular formula is C40H77O10P. The summed E-state index contributed by atoms with van der Waals surface area (Å²) in [7, 11) is -4.95. The molecule has 0 bridgehead atoms. The van der Waals surface area contributed by atoms with Crippen LogP contribution in [-0.2, 0) is 28.4 Å². The van der Waals surface area contributed by atoms with Crippen LogP contribution in [0.25, 0.3) is 0 Å². The van der Waals surface area contributed by atoms with Crippen molar-refractivity contribution in [3.8, 4) is 0 Å². The number of unbranched alkanes of at least 4 members (excludes halogenated alkanes) is 20. The first-order chi connectivity index (χ1) is 24.5. The van der Waals surface area contributed by atoms with E-state index in [2.05, 4.69) is 32.9 Å². The molecule has 0 aromatic rings. The van der Waals surface area contributed by atoms with Gasteiger partial charge in [0.1, 0.15) is 12.7 Å². The lowest BCUT2D eigenvalue weighted by molar-refractivity contribution is -0.164. The van der Waals surface area contributed by atoms with Crippen LogP contribution in [-0.4, -0.2) is 69.8 Å². The van der Waals surface area contributed by atoms with Crippen molar-refractivity contribution in [2.45, 2.75) is 206 Å². The van der Waals surface area contributed by atoms with Crippen molar-refractivity contribution in [1.82, 2.24) is 0 Å². The van der Waals surface area contributed by atoms with Crippen LogP contribution in [0.3, 0.4) is 0 Å². The highest BCUT2D eigenvalue weighted by Crippen LogP contribution is 2.43. The van der Waals surface area contributed by atoms with Gasteiger partial charge in [0.05, 0.1) is 13.2 Å². The molecule has 0 rings (SSSR count). The molecule has 11 heteroatoms. The Hall–Kier alpha value is -1.29. The van der Waals surface area contributed by atoms with Gasteiger partial charge in [0.2, 0.25) is 0 Å². The number of allylic oxidation sites excluding steroid dienone is 2. The second kappa shape index (κ2) is 34.5. The Labute approximate surface area is 311 Å². The highest BCUT2D eigenvalue weighted by atomic mass is 31.2. The number of aliphatic hydroxyl groups excluding tert-OH is 2. The van der Waals surface area contributed by atoms with Gasteiger partial charge in [0, 0.05) is 12.8 Å². The van der Waals surface area contributed by atoms with E-state index in [1.807, 2.05) is 0 Å². The van der Waals surface area contributed by atoms with Crippen molar-refractivity contribution < 1.29 is 48.4 Å². The molecule has 3 atom stereocenters. The van der Waals surface area contributed by atoms with E-state index in [-0.39, 0.29) is 19.4 Å². The van der Waals surface area contributed by atoms with E-state index in [9.17, 15) is 34.2 Å². The van der Waals surface area contributed by atoms with Gasteiger partial charge in [-0.05, 0) is 44.4 Å². The standard InChI is InChI=1S/C40H77O10P/c1-4-5-6-7-8-9-10-11-12-13-14-19-22-25-28-31-39(44)50-36(34-49-40(37(42)32-41)51(45,46)47)33-48-38(43)30-27-24-21-18-16-15-17-20-23-26-29-35(2)3/h11-12,35-37,40-42H,4-10,13-34H2,1-3H3,(H2,45,46,47)/b12-11-/t36-,37?,40?/m1/s1. The van der Waals surface area contributed by atoms with Crippen LogP contribution in [0, 0.1) is 5.92 Å². The summed E-state index contributed by atoms with van der Waals surface area (Å²) < 4.78 is 27.8. The summed E-state index contributed by atoms with van der Waals surface area (Å²) in [6.07, 6.45) is 29.6. The third-order valence-corrected chi connectivity index (χ3v) is 10.2. The Bertz CT molecular complexity index is 890. The molecule has 302 valence electrons. The topological polar surface area (TPSA) is 160 Å². The minimum Gasteiger partial charge on any atom is -0.462 e. The number of aliphatic hydroxyl groups is 2. The number of esters is 2. The van der Waals surface area contributed by atoms with Gasteiger partial charge in [0.25, 0.3) is 0 Å². The first-order valence-corrected chi connectivity index (χ1v) is 22.1. The number of carbonyl (C=O) groups is 2. The normalized spacial score (nSPS) is 13.9. The van der Waals surface area contributed by atoms with Gasteiger partial charge < -0.3 is 34.2 Å². The SMILES string of the molecule is CCCCCCCC/C=C\CCCCCCCC(=O)O[C@H](COC(=O)CCCCCCCCCCCCC(C)C)COC(C(O)CO)P(=O)(O)O. The molecule has 0 heterocycles. The van der Waals surface area contributed by atoms with Gasteiger partial charge in [-0.2, -0.15) is 0 Å². The fourth-order valence-electron chi connectivity index (χ4n) is 5.92. The van der Waals surface area contributed by atoms with E-state index in [0.717, 1.165) is 63.7 Å². The van der Waals surface area contributed by atoms with E-state index in [1.54, 1.807) is 0 Å². The second-order valence-electron chi connectivity index (χ2n) is 14.7. The maximum Gasteiger partial charge on any atom is 0.356 e. The van der Waals surface area contributed by atoms with Crippen LogP contribution >= 0.6 is 7.60 Å². The van der Waals surface area contributed by atoms with E-state index in [0.29, 0.717) is 12.8 Å². The molecule has 10 nitrogen and oxygen atoms in total. The highest BCUT2D eigenvalue weighted by molar-refractivity contribution is 7.52. The molecule has 0 spiro atoms. The molecule has 2 unspecified atom stereocenters. The van der Waals surface area contributed by atoms with Crippen LogP contribution in [0.2, 0.25) is 0 Å². The summed E-state index contributed by atoms with van der Waals surface area (Å²) >= 11 is 0. The number of carbonyl (C=O) groups excluding carboxylic acids is 2. The predicted molar refractivity (Wildman–Crippen MR) is 205 cm³/mol. The molecule has 0 fully saturated rings. The van der Waals surface area contributed by atoms with E-state index >= 15 is 0 Å². The molecule has 0 aliphatic heterocycles. The summed E-state index contributed by atoms with van der Waals surface area (Å²) in [5.74, 6) is -2.19. The van der Waals surface area contributed by atoms with Gasteiger partial charge in [-0.15, -0.1) is 0 Å². The first-order valence-electron chi connectivity index (χ1n) is 20.5. The number of hydrogen-bond acceptors (Lipinski definition) is 8. The average molecular weight is 749 g/mol. The molecule has 0 amide bonds. The van der Waals surface area contributed by atoms with Crippen molar-refractivity contribution >= 4 is 19.5 Å². The Morgan fingerprint density at radius 1 is 0.647 bits per heavy atom. The van der Waals surface area contributed by atoms with Crippen LogP contribution in [0.4, 0.5) is 0 Å². The maximum atomic E-state index is 12.6. The van der Waals surface area contributed by atoms with Gasteiger partial charge in [-0.3, -0.25) is 14.2 Å². The molecule has 4 N–H and O–H groups in total. The lowest BCUT2D eigenvalue weighted by Gasteiger charge is -2.25. The third-order valence-electron chi connectivity index (χ3n) is 9.08. The first kappa shape index (κ1) is 49.7. The lowest BCUT2D eigenvalue weighted by atomic mass is 10.0. The summed E-state index contributed by atoms with van der Waals surface area (Å²) in [5, 5.41) is 19.1. The van der Waals surface area contributed by atoms with Crippen LogP contribution in [0.5, 0.6) is 0 Å². The summed E-state index contributed by atoms with van der Waals surface area (Å²) in [5.41, 5.74) is 0. The number of rotatable bonds is 37. The van der Waals surface area contributed by atoms with E-state index in [1.165, 1.54) is 83.5 Å².